The zero-order chi connectivity index (χ0) is 17.8. The van der Waals surface area contributed by atoms with Crippen molar-refractivity contribution in [3.05, 3.63) is 51.4 Å². The number of benzene rings is 1. The van der Waals surface area contributed by atoms with Gasteiger partial charge in [0, 0.05) is 10.4 Å². The summed E-state index contributed by atoms with van der Waals surface area (Å²) in [6.45, 7) is 2.07. The maximum Gasteiger partial charge on any atom is 0.341 e. The molecule has 2 aromatic rings. The van der Waals surface area contributed by atoms with Crippen molar-refractivity contribution in [2.24, 2.45) is 0 Å². The fourth-order valence-corrected chi connectivity index (χ4v) is 4.22. The van der Waals surface area contributed by atoms with Crippen molar-refractivity contribution in [3.63, 3.8) is 0 Å². The third-order valence-electron chi connectivity index (χ3n) is 4.15. The Morgan fingerprint density at radius 1 is 1.24 bits per heavy atom. The van der Waals surface area contributed by atoms with Crippen molar-refractivity contribution < 1.29 is 14.3 Å². The Kier molecular flexibility index (Phi) is 5.15. The number of fused-ring (bicyclic) bond motifs is 1. The highest BCUT2D eigenvalue weighted by molar-refractivity contribution is 7.17. The van der Waals surface area contributed by atoms with Crippen LogP contribution in [0.2, 0.25) is 0 Å². The highest BCUT2D eigenvalue weighted by Crippen LogP contribution is 2.38. The van der Waals surface area contributed by atoms with Gasteiger partial charge in [-0.05, 0) is 62.4 Å². The van der Waals surface area contributed by atoms with Gasteiger partial charge in [0.2, 0.25) is 0 Å². The maximum atomic E-state index is 12.5. The second kappa shape index (κ2) is 7.49. The van der Waals surface area contributed by atoms with Gasteiger partial charge < -0.3 is 10.1 Å². The summed E-state index contributed by atoms with van der Waals surface area (Å²) >= 11 is 1.46. The molecular formula is C19H18N2O3S. The number of rotatable bonds is 4. The van der Waals surface area contributed by atoms with E-state index in [1.807, 2.05) is 6.07 Å². The molecule has 0 spiro atoms. The van der Waals surface area contributed by atoms with Gasteiger partial charge in [-0.3, -0.25) is 4.79 Å². The van der Waals surface area contributed by atoms with E-state index < -0.39 is 0 Å². The third kappa shape index (κ3) is 3.57. The van der Waals surface area contributed by atoms with Crippen LogP contribution in [0, 0.1) is 11.3 Å². The Morgan fingerprint density at radius 3 is 2.64 bits per heavy atom. The quantitative estimate of drug-likeness (QED) is 0.844. The second-order valence-electron chi connectivity index (χ2n) is 5.78. The summed E-state index contributed by atoms with van der Waals surface area (Å²) in [6.07, 6.45) is 3.91. The van der Waals surface area contributed by atoms with Gasteiger partial charge in [0.15, 0.2) is 0 Å². The van der Waals surface area contributed by atoms with Gasteiger partial charge >= 0.3 is 5.97 Å². The fraction of sp³-hybridized carbons (Fsp3) is 0.316. The van der Waals surface area contributed by atoms with Crippen LogP contribution in [-0.4, -0.2) is 18.5 Å². The van der Waals surface area contributed by atoms with E-state index >= 15 is 0 Å². The first-order chi connectivity index (χ1) is 12.1. The van der Waals surface area contributed by atoms with E-state index in [2.05, 4.69) is 5.32 Å². The molecule has 0 saturated heterocycles. The van der Waals surface area contributed by atoms with Crippen LogP contribution in [0.1, 0.15) is 56.5 Å². The molecule has 1 heterocycles. The first-order valence-corrected chi connectivity index (χ1v) is 9.08. The van der Waals surface area contributed by atoms with Gasteiger partial charge in [0.1, 0.15) is 5.00 Å². The van der Waals surface area contributed by atoms with Crippen molar-refractivity contribution in [3.8, 4) is 6.07 Å². The van der Waals surface area contributed by atoms with Crippen LogP contribution in [0.5, 0.6) is 0 Å². The lowest BCUT2D eigenvalue weighted by Gasteiger charge is -2.12. The van der Waals surface area contributed by atoms with E-state index in [9.17, 15) is 9.59 Å². The van der Waals surface area contributed by atoms with Crippen LogP contribution in [0.15, 0.2) is 24.3 Å². The number of hydrogen-bond acceptors (Lipinski definition) is 5. The molecule has 1 aromatic carbocycles. The number of amides is 1. The lowest BCUT2D eigenvalue weighted by atomic mass is 9.95. The summed E-state index contributed by atoms with van der Waals surface area (Å²) < 4.78 is 5.19. The lowest BCUT2D eigenvalue weighted by molar-refractivity contribution is 0.0526. The van der Waals surface area contributed by atoms with Crippen LogP contribution in [0.4, 0.5) is 5.00 Å². The number of thiophene rings is 1. The average molecular weight is 354 g/mol. The predicted octanol–water partition coefficient (Wildman–Crippen LogP) is 3.93. The molecule has 1 aliphatic carbocycles. The Hall–Kier alpha value is -2.65. The Balaban J connectivity index is 1.90. The smallest absolute Gasteiger partial charge is 0.341 e. The molecule has 0 unspecified atom stereocenters. The number of ether oxygens (including phenoxy) is 1. The Morgan fingerprint density at radius 2 is 1.96 bits per heavy atom. The largest absolute Gasteiger partial charge is 0.462 e. The molecule has 128 valence electrons. The van der Waals surface area contributed by atoms with Gasteiger partial charge in [-0.15, -0.1) is 11.3 Å². The number of aryl methyl sites for hydroxylation is 1. The summed E-state index contributed by atoms with van der Waals surface area (Å²) in [7, 11) is 0. The molecule has 25 heavy (non-hydrogen) atoms. The van der Waals surface area contributed by atoms with Crippen LogP contribution < -0.4 is 5.32 Å². The number of anilines is 1. The van der Waals surface area contributed by atoms with E-state index in [4.69, 9.17) is 10.00 Å². The molecule has 0 saturated carbocycles. The minimum Gasteiger partial charge on any atom is -0.462 e. The molecule has 0 atom stereocenters. The van der Waals surface area contributed by atoms with Gasteiger partial charge in [0.05, 0.1) is 23.8 Å². The number of nitriles is 1. The van der Waals surface area contributed by atoms with Crippen molar-refractivity contribution >= 4 is 28.2 Å². The summed E-state index contributed by atoms with van der Waals surface area (Å²) in [4.78, 5) is 26.1. The van der Waals surface area contributed by atoms with Gasteiger partial charge in [0.25, 0.3) is 5.91 Å². The minimum absolute atomic E-state index is 0.298. The van der Waals surface area contributed by atoms with Crippen molar-refractivity contribution in [2.45, 2.75) is 32.6 Å². The number of hydrogen-bond donors (Lipinski definition) is 1. The molecule has 0 aliphatic heterocycles. The summed E-state index contributed by atoms with van der Waals surface area (Å²) in [5.41, 5.74) is 2.46. The molecule has 1 aliphatic rings. The monoisotopic (exact) mass is 354 g/mol. The number of nitrogens with zero attached hydrogens (tertiary/aromatic N) is 1. The lowest BCUT2D eigenvalue weighted by Crippen LogP contribution is -2.15. The normalized spacial score (nSPS) is 12.8. The number of nitrogens with one attached hydrogen (secondary N) is 1. The molecule has 1 amide bonds. The molecule has 0 fully saturated rings. The summed E-state index contributed by atoms with van der Waals surface area (Å²) in [5.74, 6) is -0.675. The predicted molar refractivity (Wildman–Crippen MR) is 96.0 cm³/mol. The van der Waals surface area contributed by atoms with Crippen molar-refractivity contribution in [2.75, 3.05) is 11.9 Å². The van der Waals surface area contributed by atoms with Crippen LogP contribution >= 0.6 is 11.3 Å². The third-order valence-corrected chi connectivity index (χ3v) is 5.36. The first kappa shape index (κ1) is 17.2. The second-order valence-corrected chi connectivity index (χ2v) is 6.88. The maximum absolute atomic E-state index is 12.5. The summed E-state index contributed by atoms with van der Waals surface area (Å²) in [6, 6.07) is 8.42. The highest BCUT2D eigenvalue weighted by atomic mass is 32.1. The summed E-state index contributed by atoms with van der Waals surface area (Å²) in [5, 5.41) is 12.3. The number of esters is 1. The highest BCUT2D eigenvalue weighted by Gasteiger charge is 2.27. The Labute approximate surface area is 150 Å². The van der Waals surface area contributed by atoms with Gasteiger partial charge in [-0.25, -0.2) is 4.79 Å². The van der Waals surface area contributed by atoms with Crippen LogP contribution in [0.3, 0.4) is 0 Å². The van der Waals surface area contributed by atoms with E-state index in [1.54, 1.807) is 31.2 Å². The molecule has 6 heteroatoms. The van der Waals surface area contributed by atoms with E-state index in [0.29, 0.717) is 28.3 Å². The molecule has 0 bridgehead atoms. The molecule has 0 radical (unpaired) electrons. The average Bonchev–Trinajstić information content (AvgIpc) is 2.99. The van der Waals surface area contributed by atoms with Crippen molar-refractivity contribution in [1.29, 1.82) is 5.26 Å². The number of carbonyl (C=O) groups excluding carboxylic acids is 2. The minimum atomic E-state index is -0.378. The van der Waals surface area contributed by atoms with Crippen LogP contribution in [0.25, 0.3) is 0 Å². The number of carbonyl (C=O) groups is 2. The zero-order valence-corrected chi connectivity index (χ0v) is 14.7. The topological polar surface area (TPSA) is 79.2 Å². The SMILES string of the molecule is CCOC(=O)c1c(NC(=O)c2ccc(C#N)cc2)sc2c1CCCC2. The van der Waals surface area contributed by atoms with Crippen LogP contribution in [-0.2, 0) is 17.6 Å². The van der Waals surface area contributed by atoms with Gasteiger partial charge in [-0.2, -0.15) is 5.26 Å². The first-order valence-electron chi connectivity index (χ1n) is 8.27. The molecule has 1 aromatic heterocycles. The van der Waals surface area contributed by atoms with Gasteiger partial charge in [-0.1, -0.05) is 0 Å². The molecule has 1 N–H and O–H groups in total. The van der Waals surface area contributed by atoms with E-state index in [1.165, 1.54) is 11.3 Å². The van der Waals surface area contributed by atoms with Crippen molar-refractivity contribution in [1.82, 2.24) is 0 Å². The molecule has 5 nitrogen and oxygen atoms in total. The fourth-order valence-electron chi connectivity index (χ4n) is 2.94. The van der Waals surface area contributed by atoms with E-state index in [-0.39, 0.29) is 11.9 Å². The molecular weight excluding hydrogens is 336 g/mol. The van der Waals surface area contributed by atoms with E-state index in [0.717, 1.165) is 36.1 Å². The Bertz CT molecular complexity index is 847. The standard InChI is InChI=1S/C19H18N2O3S/c1-2-24-19(23)16-14-5-3-4-6-15(14)25-18(16)21-17(22)13-9-7-12(11-20)8-10-13/h7-10H,2-6H2,1H3,(H,21,22). The zero-order valence-electron chi connectivity index (χ0n) is 13.9. The molecule has 3 rings (SSSR count).